The number of nitro groups is 1. The number of halogens is 2. The van der Waals surface area contributed by atoms with E-state index >= 15 is 0 Å². The molecule has 28 heavy (non-hydrogen) atoms. The average molecular weight is 422 g/mol. The highest BCUT2D eigenvalue weighted by Crippen LogP contribution is 2.27. The lowest BCUT2D eigenvalue weighted by Crippen LogP contribution is -2.49. The van der Waals surface area contributed by atoms with E-state index in [0.717, 1.165) is 10.0 Å². The van der Waals surface area contributed by atoms with Crippen molar-refractivity contribution in [2.45, 2.75) is 19.4 Å². The number of rotatable bonds is 5. The molecule has 3 rings (SSSR count). The predicted molar refractivity (Wildman–Crippen MR) is 101 cm³/mol. The zero-order valence-corrected chi connectivity index (χ0v) is 15.8. The van der Waals surface area contributed by atoms with Gasteiger partial charge in [-0.25, -0.2) is 5.01 Å². The van der Waals surface area contributed by atoms with Gasteiger partial charge in [-0.3, -0.25) is 24.5 Å². The van der Waals surface area contributed by atoms with Crippen LogP contribution in [-0.2, 0) is 16.1 Å². The van der Waals surface area contributed by atoms with Gasteiger partial charge in [0.25, 0.3) is 11.6 Å². The number of carbonyl (C=O) groups is 3. The zero-order chi connectivity index (χ0) is 20.4. The highest BCUT2D eigenvalue weighted by Gasteiger charge is 2.38. The van der Waals surface area contributed by atoms with Gasteiger partial charge in [0.1, 0.15) is 5.56 Å². The van der Waals surface area contributed by atoms with Crippen molar-refractivity contribution in [2.24, 2.45) is 0 Å². The average Bonchev–Trinajstić information content (AvgIpc) is 2.99. The van der Waals surface area contributed by atoms with E-state index in [2.05, 4.69) is 0 Å². The minimum Gasteiger partial charge on any atom is -0.273 e. The minimum absolute atomic E-state index is 0.0478. The van der Waals surface area contributed by atoms with Crippen LogP contribution in [0.25, 0.3) is 0 Å². The maximum atomic E-state index is 13.1. The Morgan fingerprint density at radius 3 is 2.36 bits per heavy atom. The Hall–Kier alpha value is -2.97. The molecule has 0 N–H and O–H groups in total. The summed E-state index contributed by atoms with van der Waals surface area (Å²) in [6.07, 6.45) is -0.0955. The molecule has 0 bridgehead atoms. The van der Waals surface area contributed by atoms with E-state index < -0.39 is 28.3 Å². The molecule has 3 amide bonds. The van der Waals surface area contributed by atoms with E-state index in [1.807, 2.05) is 0 Å². The van der Waals surface area contributed by atoms with Gasteiger partial charge in [0.2, 0.25) is 11.8 Å². The summed E-state index contributed by atoms with van der Waals surface area (Å²) in [7, 11) is 0. The topological polar surface area (TPSA) is 101 Å². The van der Waals surface area contributed by atoms with Gasteiger partial charge >= 0.3 is 0 Å². The smallest absolute Gasteiger partial charge is 0.273 e. The lowest BCUT2D eigenvalue weighted by molar-refractivity contribution is -0.385. The first-order valence-corrected chi connectivity index (χ1v) is 8.90. The van der Waals surface area contributed by atoms with Crippen LogP contribution in [0.15, 0.2) is 42.5 Å². The van der Waals surface area contributed by atoms with Crippen LogP contribution in [0.2, 0.25) is 10.0 Å². The van der Waals surface area contributed by atoms with E-state index in [0.29, 0.717) is 10.6 Å². The van der Waals surface area contributed by atoms with Gasteiger partial charge in [0.15, 0.2) is 0 Å². The number of hydrogen-bond donors (Lipinski definition) is 0. The standard InChI is InChI=1S/C18H13Cl2N3O5/c19-12-6-5-11(14(20)9-12)10-21(22-16(24)7-8-17(22)25)18(26)13-3-1-2-4-15(13)23(27)28/h1-6,9H,7-8,10H2. The highest BCUT2D eigenvalue weighted by atomic mass is 35.5. The van der Waals surface area contributed by atoms with E-state index in [9.17, 15) is 24.5 Å². The first-order valence-electron chi connectivity index (χ1n) is 8.14. The van der Waals surface area contributed by atoms with E-state index in [4.69, 9.17) is 23.2 Å². The van der Waals surface area contributed by atoms with Crippen LogP contribution >= 0.6 is 23.2 Å². The number of hydrogen-bond acceptors (Lipinski definition) is 5. The van der Waals surface area contributed by atoms with Gasteiger partial charge in [0.05, 0.1) is 11.5 Å². The molecule has 8 nitrogen and oxygen atoms in total. The molecule has 0 unspecified atom stereocenters. The molecule has 0 atom stereocenters. The molecular formula is C18H13Cl2N3O5. The summed E-state index contributed by atoms with van der Waals surface area (Å²) in [5, 5.41) is 13.5. The third-order valence-corrected chi connectivity index (χ3v) is 4.75. The van der Waals surface area contributed by atoms with E-state index in [-0.39, 0.29) is 30.0 Å². The second kappa shape index (κ2) is 7.95. The SMILES string of the molecule is O=C(c1ccccc1[N+](=O)[O-])N(Cc1ccc(Cl)cc1Cl)N1C(=O)CCC1=O. The van der Waals surface area contributed by atoms with Crippen molar-refractivity contribution in [1.82, 2.24) is 10.0 Å². The second-order valence-electron chi connectivity index (χ2n) is 5.97. The van der Waals surface area contributed by atoms with Crippen molar-refractivity contribution in [1.29, 1.82) is 0 Å². The first kappa shape index (κ1) is 19.8. The molecule has 1 saturated heterocycles. The Morgan fingerprint density at radius 2 is 1.75 bits per heavy atom. The molecular weight excluding hydrogens is 409 g/mol. The van der Waals surface area contributed by atoms with Gasteiger partial charge in [-0.05, 0) is 23.8 Å². The summed E-state index contributed by atoms with van der Waals surface area (Å²) in [5.41, 5.74) is -0.255. The fourth-order valence-electron chi connectivity index (χ4n) is 2.83. The third-order valence-electron chi connectivity index (χ3n) is 4.17. The van der Waals surface area contributed by atoms with E-state index in [1.54, 1.807) is 12.1 Å². The Labute approximate surface area is 169 Å². The van der Waals surface area contributed by atoms with Crippen molar-refractivity contribution in [3.63, 3.8) is 0 Å². The van der Waals surface area contributed by atoms with Gasteiger partial charge < -0.3 is 0 Å². The molecule has 1 aliphatic rings. The minimum atomic E-state index is -0.859. The molecule has 0 aromatic heterocycles. The number of nitro benzene ring substituents is 1. The van der Waals surface area contributed by atoms with Crippen LogP contribution in [-0.4, -0.2) is 32.7 Å². The van der Waals surface area contributed by atoms with Crippen LogP contribution in [0.4, 0.5) is 5.69 Å². The number of carbonyl (C=O) groups excluding carboxylic acids is 3. The van der Waals surface area contributed by atoms with Crippen molar-refractivity contribution < 1.29 is 19.3 Å². The molecule has 144 valence electrons. The second-order valence-corrected chi connectivity index (χ2v) is 6.82. The van der Waals surface area contributed by atoms with Crippen LogP contribution in [0.3, 0.4) is 0 Å². The molecule has 1 aliphatic heterocycles. The molecule has 2 aromatic carbocycles. The van der Waals surface area contributed by atoms with Crippen molar-refractivity contribution in [2.75, 3.05) is 0 Å². The summed E-state index contributed by atoms with van der Waals surface area (Å²) < 4.78 is 0. The number of para-hydroxylation sites is 1. The van der Waals surface area contributed by atoms with E-state index in [1.165, 1.54) is 30.3 Å². The number of benzene rings is 2. The fraction of sp³-hybridized carbons (Fsp3) is 0.167. The zero-order valence-electron chi connectivity index (χ0n) is 14.3. The molecule has 1 fully saturated rings. The lowest BCUT2D eigenvalue weighted by atomic mass is 10.1. The quantitative estimate of drug-likeness (QED) is 0.416. The molecule has 0 spiro atoms. The monoisotopic (exact) mass is 421 g/mol. The normalized spacial score (nSPS) is 13.7. The Bertz CT molecular complexity index is 979. The van der Waals surface area contributed by atoms with Crippen LogP contribution in [0, 0.1) is 10.1 Å². The number of hydrazine groups is 1. The van der Waals surface area contributed by atoms with Crippen LogP contribution < -0.4 is 0 Å². The molecule has 10 heteroatoms. The predicted octanol–water partition coefficient (Wildman–Crippen LogP) is 3.61. The summed E-state index contributed by atoms with van der Waals surface area (Å²) in [4.78, 5) is 48.2. The number of imide groups is 1. The van der Waals surface area contributed by atoms with Gasteiger partial charge in [-0.15, -0.1) is 0 Å². The van der Waals surface area contributed by atoms with Crippen molar-refractivity contribution in [3.8, 4) is 0 Å². The van der Waals surface area contributed by atoms with Crippen molar-refractivity contribution >= 4 is 46.6 Å². The van der Waals surface area contributed by atoms with Crippen molar-refractivity contribution in [3.05, 3.63) is 73.8 Å². The third kappa shape index (κ3) is 3.83. The summed E-state index contributed by atoms with van der Waals surface area (Å²) in [5.74, 6) is -1.99. The highest BCUT2D eigenvalue weighted by molar-refractivity contribution is 6.35. The maximum Gasteiger partial charge on any atom is 0.282 e. The van der Waals surface area contributed by atoms with Crippen LogP contribution in [0.1, 0.15) is 28.8 Å². The number of amides is 3. The Morgan fingerprint density at radius 1 is 1.11 bits per heavy atom. The summed E-state index contributed by atoms with van der Waals surface area (Å²) in [6, 6.07) is 9.87. The van der Waals surface area contributed by atoms with Gasteiger partial charge in [-0.1, -0.05) is 41.4 Å². The molecule has 0 saturated carbocycles. The molecule has 0 aliphatic carbocycles. The maximum absolute atomic E-state index is 13.1. The number of nitrogens with zero attached hydrogens (tertiary/aromatic N) is 3. The Kier molecular flexibility index (Phi) is 5.62. The van der Waals surface area contributed by atoms with Gasteiger partial charge in [0, 0.05) is 29.0 Å². The summed E-state index contributed by atoms with van der Waals surface area (Å²) in [6.45, 7) is -0.238. The van der Waals surface area contributed by atoms with Crippen LogP contribution in [0.5, 0.6) is 0 Å². The molecule has 0 radical (unpaired) electrons. The van der Waals surface area contributed by atoms with Gasteiger partial charge in [-0.2, -0.15) is 5.01 Å². The largest absolute Gasteiger partial charge is 0.282 e. The first-order chi connectivity index (χ1) is 13.3. The Balaban J connectivity index is 2.06. The lowest BCUT2D eigenvalue weighted by Gasteiger charge is -2.30. The molecule has 2 aromatic rings. The summed E-state index contributed by atoms with van der Waals surface area (Å²) >= 11 is 12.0. The fourth-order valence-corrected chi connectivity index (χ4v) is 3.30. The molecule has 1 heterocycles.